The number of aryl methyl sites for hydroxylation is 1. The number of rotatable bonds is 7. The number of carbonyl (C=O) groups is 2. The van der Waals surface area contributed by atoms with Gasteiger partial charge in [0, 0.05) is 37.5 Å². The molecule has 1 aromatic heterocycles. The molecular weight excluding hydrogens is 542 g/mol. The van der Waals surface area contributed by atoms with Crippen LogP contribution in [0.5, 0.6) is 17.2 Å². The predicted octanol–water partition coefficient (Wildman–Crippen LogP) is 4.20. The van der Waals surface area contributed by atoms with E-state index in [-0.39, 0.29) is 35.5 Å². The number of methoxy groups -OCH3 is 1. The first-order chi connectivity index (χ1) is 17.8. The summed E-state index contributed by atoms with van der Waals surface area (Å²) in [7, 11) is 1.42. The molecular formula is C27H26BrN3O6. The van der Waals surface area contributed by atoms with Crippen LogP contribution in [0.2, 0.25) is 0 Å². The number of aromatic hydroxyl groups is 1. The first-order valence-corrected chi connectivity index (χ1v) is 12.7. The standard InChI is InChI=1S/C27H26BrN3O6/c1-15-10-17-11-16(4-5-20(17)37-15)24(32)22-23(18-12-19(28)25(33)21(13-18)36-2)31(27(35)26(22)34)8-3-7-30-9-6-29-14-30/h4-6,9,11-15,23,32-33H,3,7-8,10H2,1-2H3/b24-22+/t15-,23+/m1/s1. The number of aliphatic hydroxyl groups is 1. The second-order valence-corrected chi connectivity index (χ2v) is 10.0. The van der Waals surface area contributed by atoms with Gasteiger partial charge < -0.3 is 29.2 Å². The molecule has 3 heterocycles. The Morgan fingerprint density at radius 3 is 2.78 bits per heavy atom. The molecule has 1 saturated heterocycles. The van der Waals surface area contributed by atoms with Crippen LogP contribution in [0.15, 0.2) is 59.1 Å². The van der Waals surface area contributed by atoms with E-state index in [1.807, 2.05) is 17.7 Å². The Morgan fingerprint density at radius 2 is 2.05 bits per heavy atom. The molecule has 2 N–H and O–H groups in total. The number of ether oxygens (including phenoxy) is 2. The van der Waals surface area contributed by atoms with Crippen molar-refractivity contribution < 1.29 is 29.3 Å². The van der Waals surface area contributed by atoms with Gasteiger partial charge >= 0.3 is 0 Å². The number of carbonyl (C=O) groups excluding carboxylic acids is 2. The number of nitrogens with zero attached hydrogens (tertiary/aromatic N) is 3. The van der Waals surface area contributed by atoms with E-state index >= 15 is 0 Å². The van der Waals surface area contributed by atoms with Crippen LogP contribution >= 0.6 is 15.9 Å². The Bertz CT molecular complexity index is 1400. The van der Waals surface area contributed by atoms with Crippen LogP contribution in [0.25, 0.3) is 5.76 Å². The van der Waals surface area contributed by atoms with Gasteiger partial charge in [-0.1, -0.05) is 0 Å². The zero-order valence-electron chi connectivity index (χ0n) is 20.3. The molecule has 0 unspecified atom stereocenters. The number of hydrogen-bond acceptors (Lipinski definition) is 7. The monoisotopic (exact) mass is 567 g/mol. The number of benzene rings is 2. The Morgan fingerprint density at radius 1 is 1.24 bits per heavy atom. The molecule has 0 bridgehead atoms. The molecule has 2 atom stereocenters. The van der Waals surface area contributed by atoms with Gasteiger partial charge in [0.2, 0.25) is 0 Å². The SMILES string of the molecule is COc1cc([C@H]2/C(=C(\O)c3ccc4c(c3)C[C@@H](C)O4)C(=O)C(=O)N2CCCn2ccnc2)cc(Br)c1O. The molecule has 2 aromatic carbocycles. The first kappa shape index (κ1) is 24.9. The van der Waals surface area contributed by atoms with E-state index in [9.17, 15) is 19.8 Å². The van der Waals surface area contributed by atoms with Crippen molar-refractivity contribution in [2.24, 2.45) is 0 Å². The highest BCUT2D eigenvalue weighted by molar-refractivity contribution is 9.10. The van der Waals surface area contributed by atoms with E-state index < -0.39 is 17.7 Å². The Balaban J connectivity index is 1.59. The van der Waals surface area contributed by atoms with Gasteiger partial charge in [0.25, 0.3) is 11.7 Å². The van der Waals surface area contributed by atoms with Crippen molar-refractivity contribution in [3.05, 3.63) is 75.8 Å². The number of ketones is 1. The number of fused-ring (bicyclic) bond motifs is 1. The molecule has 10 heteroatoms. The molecule has 3 aromatic rings. The van der Waals surface area contributed by atoms with Crippen molar-refractivity contribution in [3.63, 3.8) is 0 Å². The third-order valence-corrected chi connectivity index (χ3v) is 7.27. The van der Waals surface area contributed by atoms with Crippen molar-refractivity contribution >= 4 is 33.4 Å². The minimum absolute atomic E-state index is 0.0146. The number of hydrogen-bond donors (Lipinski definition) is 2. The summed E-state index contributed by atoms with van der Waals surface area (Å²) in [5, 5.41) is 21.8. The summed E-state index contributed by atoms with van der Waals surface area (Å²) in [5.41, 5.74) is 1.86. The second kappa shape index (κ2) is 9.93. The molecule has 2 aliphatic rings. The van der Waals surface area contributed by atoms with Gasteiger partial charge in [0.15, 0.2) is 11.5 Å². The van der Waals surface area contributed by atoms with Crippen LogP contribution in [-0.4, -0.2) is 56.1 Å². The van der Waals surface area contributed by atoms with Crippen LogP contribution < -0.4 is 9.47 Å². The van der Waals surface area contributed by atoms with E-state index in [4.69, 9.17) is 9.47 Å². The average Bonchev–Trinajstić information content (AvgIpc) is 3.59. The summed E-state index contributed by atoms with van der Waals surface area (Å²) >= 11 is 3.33. The summed E-state index contributed by atoms with van der Waals surface area (Å²) in [5.74, 6) is -0.899. The van der Waals surface area contributed by atoms with Crippen molar-refractivity contribution in [2.75, 3.05) is 13.7 Å². The molecule has 2 aliphatic heterocycles. The highest BCUT2D eigenvalue weighted by Crippen LogP contribution is 2.44. The number of halogens is 1. The Hall–Kier alpha value is -3.79. The normalized spacial score (nSPS) is 20.2. The maximum absolute atomic E-state index is 13.4. The molecule has 5 rings (SSSR count). The lowest BCUT2D eigenvalue weighted by atomic mass is 9.94. The summed E-state index contributed by atoms with van der Waals surface area (Å²) in [6, 6.07) is 7.57. The molecule has 37 heavy (non-hydrogen) atoms. The second-order valence-electron chi connectivity index (χ2n) is 9.16. The van der Waals surface area contributed by atoms with E-state index in [1.165, 1.54) is 12.0 Å². The molecule has 1 amide bonds. The molecule has 0 spiro atoms. The van der Waals surface area contributed by atoms with Crippen molar-refractivity contribution in [1.29, 1.82) is 0 Å². The molecule has 0 aliphatic carbocycles. The van der Waals surface area contributed by atoms with Crippen molar-refractivity contribution in [3.8, 4) is 17.2 Å². The van der Waals surface area contributed by atoms with Gasteiger partial charge in [-0.3, -0.25) is 9.59 Å². The van der Waals surface area contributed by atoms with Gasteiger partial charge in [-0.25, -0.2) is 4.98 Å². The third kappa shape index (κ3) is 4.57. The fourth-order valence-electron chi connectivity index (χ4n) is 4.93. The Kier molecular flexibility index (Phi) is 6.68. The van der Waals surface area contributed by atoms with Crippen LogP contribution in [0, 0.1) is 0 Å². The predicted molar refractivity (Wildman–Crippen MR) is 138 cm³/mol. The van der Waals surface area contributed by atoms with Gasteiger partial charge in [-0.2, -0.15) is 0 Å². The molecule has 9 nitrogen and oxygen atoms in total. The topological polar surface area (TPSA) is 114 Å². The maximum Gasteiger partial charge on any atom is 0.295 e. The number of imidazole rings is 1. The number of phenols is 1. The van der Waals surface area contributed by atoms with E-state index in [2.05, 4.69) is 20.9 Å². The van der Waals surface area contributed by atoms with E-state index in [0.29, 0.717) is 35.0 Å². The van der Waals surface area contributed by atoms with E-state index in [0.717, 1.165) is 11.3 Å². The lowest BCUT2D eigenvalue weighted by molar-refractivity contribution is -0.139. The number of likely N-dealkylation sites (tertiary alicyclic amines) is 1. The fourth-order valence-corrected chi connectivity index (χ4v) is 5.39. The smallest absolute Gasteiger partial charge is 0.295 e. The number of aromatic nitrogens is 2. The van der Waals surface area contributed by atoms with Crippen LogP contribution in [0.1, 0.15) is 36.1 Å². The van der Waals surface area contributed by atoms with Gasteiger partial charge in [0.1, 0.15) is 17.6 Å². The minimum Gasteiger partial charge on any atom is -0.507 e. The highest BCUT2D eigenvalue weighted by atomic mass is 79.9. The largest absolute Gasteiger partial charge is 0.507 e. The van der Waals surface area contributed by atoms with Crippen LogP contribution in [0.4, 0.5) is 0 Å². The van der Waals surface area contributed by atoms with Crippen LogP contribution in [0.3, 0.4) is 0 Å². The van der Waals surface area contributed by atoms with Gasteiger partial charge in [-0.05, 0) is 70.7 Å². The quantitative estimate of drug-likeness (QED) is 0.250. The van der Waals surface area contributed by atoms with Crippen molar-refractivity contribution in [2.45, 2.75) is 38.5 Å². The molecule has 0 saturated carbocycles. The number of aliphatic hydroxyl groups excluding tert-OH is 1. The zero-order chi connectivity index (χ0) is 26.3. The summed E-state index contributed by atoms with van der Waals surface area (Å²) in [6.07, 6.45) is 6.46. The highest BCUT2D eigenvalue weighted by Gasteiger charge is 2.46. The number of phenolic OH excluding ortho intramolecular Hbond substituents is 1. The summed E-state index contributed by atoms with van der Waals surface area (Å²) < 4.78 is 13.3. The average molecular weight is 568 g/mol. The lowest BCUT2D eigenvalue weighted by Crippen LogP contribution is -2.31. The maximum atomic E-state index is 13.4. The number of amides is 1. The van der Waals surface area contributed by atoms with Gasteiger partial charge in [-0.15, -0.1) is 0 Å². The third-order valence-electron chi connectivity index (χ3n) is 6.67. The summed E-state index contributed by atoms with van der Waals surface area (Å²) in [6.45, 7) is 2.83. The van der Waals surface area contributed by atoms with Crippen molar-refractivity contribution in [1.82, 2.24) is 14.5 Å². The Labute approximate surface area is 222 Å². The minimum atomic E-state index is -0.878. The zero-order valence-corrected chi connectivity index (χ0v) is 21.9. The van der Waals surface area contributed by atoms with Gasteiger partial charge in [0.05, 0.1) is 29.5 Å². The molecule has 0 radical (unpaired) electrons. The molecule has 1 fully saturated rings. The molecule has 192 valence electrons. The fraction of sp³-hybridized carbons (Fsp3) is 0.296. The first-order valence-electron chi connectivity index (χ1n) is 11.9. The van der Waals surface area contributed by atoms with Crippen LogP contribution in [-0.2, 0) is 22.6 Å². The van der Waals surface area contributed by atoms with E-state index in [1.54, 1.807) is 42.9 Å². The lowest BCUT2D eigenvalue weighted by Gasteiger charge is -2.26. The number of Topliss-reactive ketones (excluding diaryl/α,β-unsaturated/α-hetero) is 1. The summed E-state index contributed by atoms with van der Waals surface area (Å²) in [4.78, 5) is 32.1.